The average Bonchev–Trinajstić information content (AvgIpc) is 3.29. The predicted molar refractivity (Wildman–Crippen MR) is 117 cm³/mol. The topological polar surface area (TPSA) is 117 Å². The summed E-state index contributed by atoms with van der Waals surface area (Å²) in [5, 5.41) is 13.3. The summed E-state index contributed by atoms with van der Waals surface area (Å²) in [5.74, 6) is -0.388. The molecule has 2 aliphatic rings. The van der Waals surface area contributed by atoms with Crippen molar-refractivity contribution in [3.8, 4) is 0 Å². The van der Waals surface area contributed by atoms with E-state index in [4.69, 9.17) is 4.52 Å². The summed E-state index contributed by atoms with van der Waals surface area (Å²) in [6, 6.07) is 9.74. The van der Waals surface area contributed by atoms with Crippen molar-refractivity contribution in [1.82, 2.24) is 18.8 Å². The maximum Gasteiger partial charge on any atom is 0.306 e. The van der Waals surface area contributed by atoms with E-state index in [-0.39, 0.29) is 13.1 Å². The van der Waals surface area contributed by atoms with Gasteiger partial charge in [0.2, 0.25) is 5.89 Å². The number of aliphatic carboxylic acids is 1. The van der Waals surface area contributed by atoms with Crippen LogP contribution < -0.4 is 0 Å². The first-order valence-corrected chi connectivity index (χ1v) is 12.7. The van der Waals surface area contributed by atoms with Crippen molar-refractivity contribution in [1.29, 1.82) is 0 Å². The van der Waals surface area contributed by atoms with Gasteiger partial charge in [-0.15, -0.1) is 0 Å². The molecule has 32 heavy (non-hydrogen) atoms. The van der Waals surface area contributed by atoms with Crippen LogP contribution in [0.4, 0.5) is 0 Å². The number of piperidine rings is 2. The summed E-state index contributed by atoms with van der Waals surface area (Å²) in [7, 11) is -3.73. The fourth-order valence-corrected chi connectivity index (χ4v) is 6.36. The van der Waals surface area contributed by atoms with E-state index in [0.29, 0.717) is 43.9 Å². The Hall–Kier alpha value is -2.30. The first-order valence-electron chi connectivity index (χ1n) is 11.3. The molecule has 1 unspecified atom stereocenters. The maximum atomic E-state index is 13.4. The van der Waals surface area contributed by atoms with Gasteiger partial charge in [-0.05, 0) is 44.1 Å². The number of carbonyl (C=O) groups is 1. The molecule has 9 nitrogen and oxygen atoms in total. The molecule has 174 valence electrons. The van der Waals surface area contributed by atoms with Crippen LogP contribution in [0.1, 0.15) is 61.8 Å². The summed E-state index contributed by atoms with van der Waals surface area (Å²) >= 11 is 0. The monoisotopic (exact) mass is 462 g/mol. The van der Waals surface area contributed by atoms with Crippen LogP contribution in [-0.2, 0) is 27.8 Å². The molecule has 0 bridgehead atoms. The molecule has 0 amide bonds. The third-order valence-corrected chi connectivity index (χ3v) is 8.40. The van der Waals surface area contributed by atoms with Gasteiger partial charge < -0.3 is 9.63 Å². The Morgan fingerprint density at radius 2 is 1.81 bits per heavy atom. The summed E-state index contributed by atoms with van der Waals surface area (Å²) in [6.07, 6.45) is 5.44. The van der Waals surface area contributed by atoms with E-state index in [1.807, 2.05) is 18.2 Å². The Morgan fingerprint density at radius 1 is 1.06 bits per heavy atom. The Bertz CT molecular complexity index is 1000. The van der Waals surface area contributed by atoms with E-state index < -0.39 is 28.1 Å². The van der Waals surface area contributed by atoms with Gasteiger partial charge in [-0.25, -0.2) is 0 Å². The minimum Gasteiger partial charge on any atom is -0.481 e. The lowest BCUT2D eigenvalue weighted by Crippen LogP contribution is -2.50. The summed E-state index contributed by atoms with van der Waals surface area (Å²) in [5.41, 5.74) is 1.26. The maximum absolute atomic E-state index is 13.4. The Kier molecular flexibility index (Phi) is 7.22. The molecule has 2 saturated heterocycles. The van der Waals surface area contributed by atoms with Gasteiger partial charge in [0.1, 0.15) is 6.04 Å². The van der Waals surface area contributed by atoms with Gasteiger partial charge in [0, 0.05) is 26.1 Å². The molecule has 1 atom stereocenters. The molecule has 2 fully saturated rings. The van der Waals surface area contributed by atoms with Crippen LogP contribution in [0.2, 0.25) is 0 Å². The molecule has 0 radical (unpaired) electrons. The zero-order chi connectivity index (χ0) is 22.6. The van der Waals surface area contributed by atoms with Crippen molar-refractivity contribution in [2.75, 3.05) is 19.6 Å². The molecule has 1 N–H and O–H groups in total. The molecular weight excluding hydrogens is 432 g/mol. The lowest BCUT2D eigenvalue weighted by atomic mass is 9.99. The van der Waals surface area contributed by atoms with Crippen molar-refractivity contribution >= 4 is 16.2 Å². The molecule has 1 aromatic heterocycles. The van der Waals surface area contributed by atoms with Crippen molar-refractivity contribution in [2.24, 2.45) is 5.92 Å². The van der Waals surface area contributed by atoms with Gasteiger partial charge in [0.05, 0.1) is 5.92 Å². The smallest absolute Gasteiger partial charge is 0.306 e. The van der Waals surface area contributed by atoms with E-state index >= 15 is 0 Å². The lowest BCUT2D eigenvalue weighted by Gasteiger charge is -2.38. The SMILES string of the molecule is O=C(O)C1CCN(S(=O)(=O)N2CCCCC2c2nc(CCCc3ccccc3)no2)CC1. The highest BCUT2D eigenvalue weighted by Gasteiger charge is 2.41. The number of rotatable bonds is 8. The van der Waals surface area contributed by atoms with E-state index in [9.17, 15) is 18.3 Å². The van der Waals surface area contributed by atoms with E-state index in [2.05, 4.69) is 22.3 Å². The van der Waals surface area contributed by atoms with E-state index in [1.165, 1.54) is 14.2 Å². The number of hydrogen-bond acceptors (Lipinski definition) is 6. The first-order chi connectivity index (χ1) is 15.4. The highest BCUT2D eigenvalue weighted by Crippen LogP contribution is 2.34. The van der Waals surface area contributed by atoms with Crippen molar-refractivity contribution in [2.45, 2.75) is 57.4 Å². The number of benzene rings is 1. The number of hydrogen-bond donors (Lipinski definition) is 1. The van der Waals surface area contributed by atoms with Gasteiger partial charge in [-0.1, -0.05) is 41.9 Å². The highest BCUT2D eigenvalue weighted by molar-refractivity contribution is 7.86. The number of aromatic nitrogens is 2. The van der Waals surface area contributed by atoms with Gasteiger partial charge in [-0.3, -0.25) is 4.79 Å². The molecule has 1 aromatic carbocycles. The molecule has 2 aromatic rings. The van der Waals surface area contributed by atoms with Crippen molar-refractivity contribution in [3.63, 3.8) is 0 Å². The highest BCUT2D eigenvalue weighted by atomic mass is 32.2. The normalized spacial score (nSPS) is 21.6. The van der Waals surface area contributed by atoms with Crippen LogP contribution in [0, 0.1) is 5.92 Å². The number of carboxylic acid groups (broad SMARTS) is 1. The largest absolute Gasteiger partial charge is 0.481 e. The van der Waals surface area contributed by atoms with Gasteiger partial charge in [0.25, 0.3) is 10.2 Å². The van der Waals surface area contributed by atoms with Crippen LogP contribution in [0.3, 0.4) is 0 Å². The van der Waals surface area contributed by atoms with Gasteiger partial charge in [-0.2, -0.15) is 22.0 Å². The molecule has 3 heterocycles. The standard InChI is InChI=1S/C22H30N4O5S/c27-22(28)18-12-15-25(16-13-18)32(29,30)26-14-5-4-10-19(26)21-23-20(24-31-21)11-6-9-17-7-2-1-3-8-17/h1-3,7-8,18-19H,4-6,9-16H2,(H,27,28). The number of carboxylic acids is 1. The zero-order valence-electron chi connectivity index (χ0n) is 18.1. The molecule has 4 rings (SSSR count). The minimum atomic E-state index is -3.73. The van der Waals surface area contributed by atoms with Crippen molar-refractivity contribution in [3.05, 3.63) is 47.6 Å². The van der Waals surface area contributed by atoms with Crippen LogP contribution in [-0.4, -0.2) is 57.9 Å². The minimum absolute atomic E-state index is 0.219. The molecule has 0 saturated carbocycles. The summed E-state index contributed by atoms with van der Waals surface area (Å²) in [4.78, 5) is 15.7. The Morgan fingerprint density at radius 3 is 2.53 bits per heavy atom. The quantitative estimate of drug-likeness (QED) is 0.641. The average molecular weight is 463 g/mol. The van der Waals surface area contributed by atoms with E-state index in [0.717, 1.165) is 25.7 Å². The molecule has 0 aliphatic carbocycles. The third kappa shape index (κ3) is 5.19. The summed E-state index contributed by atoms with van der Waals surface area (Å²) < 4.78 is 35.1. The zero-order valence-corrected chi connectivity index (χ0v) is 18.9. The first kappa shape index (κ1) is 22.9. The number of aryl methyl sites for hydroxylation is 2. The van der Waals surface area contributed by atoms with Crippen molar-refractivity contribution < 1.29 is 22.8 Å². The number of nitrogens with zero attached hydrogens (tertiary/aromatic N) is 4. The fourth-order valence-electron chi connectivity index (χ4n) is 4.51. The lowest BCUT2D eigenvalue weighted by molar-refractivity contribution is -0.142. The van der Waals surface area contributed by atoms with Crippen LogP contribution >= 0.6 is 0 Å². The Balaban J connectivity index is 1.40. The molecule has 2 aliphatic heterocycles. The summed E-state index contributed by atoms with van der Waals surface area (Å²) in [6.45, 7) is 0.839. The van der Waals surface area contributed by atoms with E-state index in [1.54, 1.807) is 0 Å². The molecular formula is C22H30N4O5S. The van der Waals surface area contributed by atoms with Crippen LogP contribution in [0.25, 0.3) is 0 Å². The second-order valence-corrected chi connectivity index (χ2v) is 10.4. The fraction of sp³-hybridized carbons (Fsp3) is 0.591. The predicted octanol–water partition coefficient (Wildman–Crippen LogP) is 2.81. The van der Waals surface area contributed by atoms with Crippen LogP contribution in [0.15, 0.2) is 34.9 Å². The molecule has 10 heteroatoms. The Labute approximate surface area is 188 Å². The van der Waals surface area contributed by atoms with Gasteiger partial charge in [0.15, 0.2) is 5.82 Å². The van der Waals surface area contributed by atoms with Crippen LogP contribution in [0.5, 0.6) is 0 Å². The second kappa shape index (κ2) is 10.1. The second-order valence-electron chi connectivity index (χ2n) is 8.53. The van der Waals surface area contributed by atoms with Gasteiger partial charge >= 0.3 is 5.97 Å². The third-order valence-electron chi connectivity index (χ3n) is 6.36. The molecule has 0 spiro atoms.